The highest BCUT2D eigenvalue weighted by Gasteiger charge is 2.39. The number of dihydropyridines is 1. The number of ketones is 1. The Morgan fingerprint density at radius 3 is 2.52 bits per heavy atom. The quantitative estimate of drug-likeness (QED) is 0.788. The molecule has 1 aliphatic carbocycles. The molecule has 0 bridgehead atoms. The van der Waals surface area contributed by atoms with Crippen LogP contribution in [0.25, 0.3) is 0 Å². The second-order valence-corrected chi connectivity index (χ2v) is 8.58. The van der Waals surface area contributed by atoms with Crippen LogP contribution in [0, 0.1) is 5.92 Å². The lowest BCUT2D eigenvalue weighted by atomic mass is 9.73. The number of nitrogens with zero attached hydrogens (tertiary/aromatic N) is 2. The van der Waals surface area contributed by atoms with E-state index in [9.17, 15) is 9.59 Å². The molecule has 6 heteroatoms. The van der Waals surface area contributed by atoms with Gasteiger partial charge in [0.1, 0.15) is 5.82 Å². The molecule has 2 N–H and O–H groups in total. The molecule has 31 heavy (non-hydrogen) atoms. The molecule has 0 spiro atoms. The van der Waals surface area contributed by atoms with Crippen LogP contribution in [0.2, 0.25) is 0 Å². The molecule has 0 radical (unpaired) electrons. The average molecular weight is 417 g/mol. The second-order valence-electron chi connectivity index (χ2n) is 8.58. The molecule has 0 saturated carbocycles. The summed E-state index contributed by atoms with van der Waals surface area (Å²) >= 11 is 0. The maximum Gasteiger partial charge on any atom is 0.255 e. The number of benzene rings is 1. The number of allylic oxidation sites excluding steroid dienone is 3. The summed E-state index contributed by atoms with van der Waals surface area (Å²) in [6.07, 6.45) is 2.95. The number of pyridine rings is 1. The Bertz CT molecular complexity index is 1070. The molecule has 1 amide bonds. The van der Waals surface area contributed by atoms with Crippen molar-refractivity contribution in [1.29, 1.82) is 0 Å². The van der Waals surface area contributed by atoms with E-state index in [2.05, 4.69) is 22.5 Å². The van der Waals surface area contributed by atoms with E-state index in [-0.39, 0.29) is 17.6 Å². The average Bonchev–Trinajstić information content (AvgIpc) is 2.73. The van der Waals surface area contributed by atoms with Gasteiger partial charge in [0.2, 0.25) is 0 Å². The van der Waals surface area contributed by atoms with E-state index in [1.54, 1.807) is 18.3 Å². The number of anilines is 2. The molecule has 1 aromatic heterocycles. The molecular formula is C25H28N4O2. The fourth-order valence-corrected chi connectivity index (χ4v) is 4.45. The van der Waals surface area contributed by atoms with Gasteiger partial charge in [0.15, 0.2) is 5.78 Å². The number of Topliss-reactive ketones (excluding diaryl/α,β-unsaturated/α-hetero) is 1. The van der Waals surface area contributed by atoms with Crippen LogP contribution in [0.1, 0.15) is 38.2 Å². The fraction of sp³-hybridized carbons (Fsp3) is 0.320. The van der Waals surface area contributed by atoms with Crippen LogP contribution in [0.5, 0.6) is 0 Å². The third-order valence-electron chi connectivity index (χ3n) is 5.93. The highest BCUT2D eigenvalue weighted by Crippen LogP contribution is 2.43. The summed E-state index contributed by atoms with van der Waals surface area (Å²) < 4.78 is 0. The van der Waals surface area contributed by atoms with Gasteiger partial charge >= 0.3 is 0 Å². The summed E-state index contributed by atoms with van der Waals surface area (Å²) in [6, 6.07) is 13.5. The van der Waals surface area contributed by atoms with Crippen LogP contribution >= 0.6 is 0 Å². The van der Waals surface area contributed by atoms with Crippen LogP contribution in [0.3, 0.4) is 0 Å². The first kappa shape index (κ1) is 20.8. The summed E-state index contributed by atoms with van der Waals surface area (Å²) in [6.45, 7) is 3.99. The number of carbonyl (C=O) groups excluding carboxylic acids is 2. The third kappa shape index (κ3) is 4.10. The van der Waals surface area contributed by atoms with Crippen molar-refractivity contribution in [2.75, 3.05) is 24.3 Å². The van der Waals surface area contributed by atoms with Crippen molar-refractivity contribution in [1.82, 2.24) is 10.3 Å². The smallest absolute Gasteiger partial charge is 0.255 e. The normalized spacial score (nSPS) is 20.8. The molecule has 2 aromatic rings. The van der Waals surface area contributed by atoms with Gasteiger partial charge in [-0.2, -0.15) is 0 Å². The lowest BCUT2D eigenvalue weighted by Gasteiger charge is -2.36. The summed E-state index contributed by atoms with van der Waals surface area (Å²) in [5.41, 5.74) is 4.99. The van der Waals surface area contributed by atoms with Gasteiger partial charge in [0.25, 0.3) is 5.91 Å². The van der Waals surface area contributed by atoms with Gasteiger partial charge in [-0.05, 0) is 49.1 Å². The summed E-state index contributed by atoms with van der Waals surface area (Å²) in [5.74, 6) is 0.225. The minimum Gasteiger partial charge on any atom is -0.378 e. The predicted octanol–water partition coefficient (Wildman–Crippen LogP) is 4.00. The van der Waals surface area contributed by atoms with Crippen LogP contribution in [0.15, 0.2) is 71.2 Å². The molecule has 0 saturated heterocycles. The maximum absolute atomic E-state index is 13.4. The molecule has 1 aliphatic heterocycles. The van der Waals surface area contributed by atoms with Crippen molar-refractivity contribution >= 4 is 23.2 Å². The first-order chi connectivity index (χ1) is 14.8. The molecule has 1 aromatic carbocycles. The maximum atomic E-state index is 13.4. The van der Waals surface area contributed by atoms with Crippen molar-refractivity contribution in [2.24, 2.45) is 5.92 Å². The Morgan fingerprint density at radius 1 is 1.13 bits per heavy atom. The highest BCUT2D eigenvalue weighted by atomic mass is 16.2. The largest absolute Gasteiger partial charge is 0.378 e. The molecule has 2 unspecified atom stereocenters. The van der Waals surface area contributed by atoms with Crippen molar-refractivity contribution in [3.05, 3.63) is 76.8 Å². The predicted molar refractivity (Wildman–Crippen MR) is 123 cm³/mol. The lowest BCUT2D eigenvalue weighted by molar-refractivity contribution is -0.117. The monoisotopic (exact) mass is 416 g/mol. The molecule has 2 atom stereocenters. The number of aromatic nitrogens is 1. The van der Waals surface area contributed by atoms with E-state index < -0.39 is 5.92 Å². The summed E-state index contributed by atoms with van der Waals surface area (Å²) in [5, 5.41) is 6.27. The van der Waals surface area contributed by atoms with E-state index in [4.69, 9.17) is 0 Å². The number of hydrogen-bond acceptors (Lipinski definition) is 5. The standard InChI is InChI=1S/C25H28N4O2/c1-15-13-19-24(20(30)14-15)23(17-8-10-18(11-9-17)29(3)4)22(16(2)27-19)25(31)28-21-7-5-6-12-26-21/h5-12,15,23,27H,13-14H2,1-4H3,(H,26,28,31). The van der Waals surface area contributed by atoms with E-state index in [1.807, 2.05) is 56.3 Å². The number of carbonyl (C=O) groups is 2. The molecule has 160 valence electrons. The topological polar surface area (TPSA) is 74.3 Å². The van der Waals surface area contributed by atoms with Gasteiger partial charge < -0.3 is 15.5 Å². The molecule has 0 fully saturated rings. The Kier molecular flexibility index (Phi) is 5.63. The van der Waals surface area contributed by atoms with Gasteiger partial charge in [-0.25, -0.2) is 4.98 Å². The molecular weight excluding hydrogens is 388 g/mol. The van der Waals surface area contributed by atoms with Crippen LogP contribution < -0.4 is 15.5 Å². The molecule has 2 aliphatic rings. The third-order valence-corrected chi connectivity index (χ3v) is 5.93. The van der Waals surface area contributed by atoms with E-state index in [0.717, 1.165) is 29.1 Å². The van der Waals surface area contributed by atoms with E-state index >= 15 is 0 Å². The number of amides is 1. The van der Waals surface area contributed by atoms with Gasteiger partial charge in [0.05, 0.1) is 0 Å². The lowest BCUT2D eigenvalue weighted by Crippen LogP contribution is -2.37. The zero-order chi connectivity index (χ0) is 22.1. The summed E-state index contributed by atoms with van der Waals surface area (Å²) in [4.78, 5) is 32.8. The first-order valence-electron chi connectivity index (χ1n) is 10.6. The Balaban J connectivity index is 1.79. The Labute approximate surface area is 183 Å². The van der Waals surface area contributed by atoms with E-state index in [1.165, 1.54) is 0 Å². The van der Waals surface area contributed by atoms with Gasteiger partial charge in [-0.3, -0.25) is 9.59 Å². The highest BCUT2D eigenvalue weighted by molar-refractivity contribution is 6.09. The fourth-order valence-electron chi connectivity index (χ4n) is 4.45. The second kappa shape index (κ2) is 8.38. The zero-order valence-electron chi connectivity index (χ0n) is 18.4. The van der Waals surface area contributed by atoms with Crippen LogP contribution in [-0.2, 0) is 9.59 Å². The molecule has 2 heterocycles. The van der Waals surface area contributed by atoms with Gasteiger partial charge in [-0.15, -0.1) is 0 Å². The molecule has 4 rings (SSSR count). The number of hydrogen-bond donors (Lipinski definition) is 2. The van der Waals surface area contributed by atoms with Crippen molar-refractivity contribution in [3.63, 3.8) is 0 Å². The van der Waals surface area contributed by atoms with Crippen LogP contribution in [0.4, 0.5) is 11.5 Å². The van der Waals surface area contributed by atoms with Crippen molar-refractivity contribution in [2.45, 2.75) is 32.6 Å². The van der Waals surface area contributed by atoms with Crippen molar-refractivity contribution in [3.8, 4) is 0 Å². The number of rotatable bonds is 4. The van der Waals surface area contributed by atoms with Crippen LogP contribution in [-0.4, -0.2) is 30.8 Å². The van der Waals surface area contributed by atoms with E-state index in [0.29, 0.717) is 23.4 Å². The zero-order valence-corrected chi connectivity index (χ0v) is 18.4. The minimum atomic E-state index is -0.406. The first-order valence-corrected chi connectivity index (χ1v) is 10.6. The molecule has 6 nitrogen and oxygen atoms in total. The van der Waals surface area contributed by atoms with Gasteiger partial charge in [-0.1, -0.05) is 25.1 Å². The van der Waals surface area contributed by atoms with Crippen molar-refractivity contribution < 1.29 is 9.59 Å². The minimum absolute atomic E-state index is 0.110. The SMILES string of the molecule is CC1=C(C(=O)Nc2ccccn2)C(c2ccc(N(C)C)cc2)C2=C(CC(C)CC2=O)N1. The Hall–Kier alpha value is -3.41. The Morgan fingerprint density at radius 2 is 1.87 bits per heavy atom. The van der Waals surface area contributed by atoms with Gasteiger partial charge in [0, 0.05) is 60.9 Å². The summed E-state index contributed by atoms with van der Waals surface area (Å²) in [7, 11) is 3.98. The number of nitrogens with one attached hydrogen (secondary N) is 2.